The predicted molar refractivity (Wildman–Crippen MR) is 56.2 cm³/mol. The zero-order chi connectivity index (χ0) is 13.4. The second-order valence-electron chi connectivity index (χ2n) is 3.74. The fourth-order valence-corrected chi connectivity index (χ4v) is 2.66. The molecule has 1 rings (SSSR count). The van der Waals surface area contributed by atoms with Crippen LogP contribution in [0, 0.1) is 0 Å². The van der Waals surface area contributed by atoms with Gasteiger partial charge >= 0.3 is 6.18 Å². The number of rotatable bonds is 3. The van der Waals surface area contributed by atoms with Crippen molar-refractivity contribution in [2.45, 2.75) is 31.3 Å². The standard InChI is InChI=1S/C8H10ClF3N2O2S/c1-5(2)14-4-6(3-13-14)7(8(10,11)12)17(9,15)16/h3-5,7H,1-2H3. The first-order valence-corrected chi connectivity index (χ1v) is 6.95. The molecule has 1 aromatic rings. The normalized spacial score (nSPS) is 15.2. The molecule has 0 saturated heterocycles. The summed E-state index contributed by atoms with van der Waals surface area (Å²) in [6.07, 6.45) is -3.08. The minimum atomic E-state index is -4.97. The van der Waals surface area contributed by atoms with Crippen LogP contribution >= 0.6 is 10.7 Å². The first-order chi connectivity index (χ1) is 7.53. The molecule has 0 spiro atoms. The highest BCUT2D eigenvalue weighted by Crippen LogP contribution is 2.40. The van der Waals surface area contributed by atoms with Crippen molar-refractivity contribution in [2.24, 2.45) is 0 Å². The molecule has 17 heavy (non-hydrogen) atoms. The minimum absolute atomic E-state index is 0.171. The second kappa shape index (κ2) is 4.49. The molecule has 0 aliphatic rings. The lowest BCUT2D eigenvalue weighted by Crippen LogP contribution is -2.25. The fraction of sp³-hybridized carbons (Fsp3) is 0.625. The Bertz CT molecular complexity index is 495. The van der Waals surface area contributed by atoms with E-state index in [0.29, 0.717) is 0 Å². The molecule has 0 aliphatic carbocycles. The van der Waals surface area contributed by atoms with Crippen LogP contribution in [0.15, 0.2) is 12.4 Å². The van der Waals surface area contributed by atoms with Crippen molar-refractivity contribution >= 4 is 19.7 Å². The molecule has 1 unspecified atom stereocenters. The molecule has 0 saturated carbocycles. The molecular formula is C8H10ClF3N2O2S. The van der Waals surface area contributed by atoms with Crippen molar-refractivity contribution in [3.05, 3.63) is 18.0 Å². The van der Waals surface area contributed by atoms with Crippen LogP contribution in [0.2, 0.25) is 0 Å². The molecule has 1 aromatic heterocycles. The largest absolute Gasteiger partial charge is 0.410 e. The van der Waals surface area contributed by atoms with Crippen molar-refractivity contribution < 1.29 is 21.6 Å². The molecular weight excluding hydrogens is 281 g/mol. The summed E-state index contributed by atoms with van der Waals surface area (Å²) in [4.78, 5) is 0. The summed E-state index contributed by atoms with van der Waals surface area (Å²) in [5.41, 5.74) is -0.485. The molecule has 0 amide bonds. The Balaban J connectivity index is 3.24. The Hall–Kier alpha value is -0.760. The van der Waals surface area contributed by atoms with E-state index in [1.807, 2.05) is 0 Å². The maximum Gasteiger partial charge on any atom is 0.410 e. The SMILES string of the molecule is CC(C)n1cc(C(C(F)(F)F)S(=O)(=O)Cl)cn1. The topological polar surface area (TPSA) is 52.0 Å². The van der Waals surface area contributed by atoms with E-state index >= 15 is 0 Å². The van der Waals surface area contributed by atoms with Crippen LogP contribution in [0.25, 0.3) is 0 Å². The van der Waals surface area contributed by atoms with Gasteiger partial charge in [0.05, 0.1) is 6.20 Å². The maximum atomic E-state index is 12.6. The Morgan fingerprint density at radius 2 is 1.94 bits per heavy atom. The van der Waals surface area contributed by atoms with Crippen LogP contribution in [-0.2, 0) is 9.05 Å². The third-order valence-electron chi connectivity index (χ3n) is 2.03. The van der Waals surface area contributed by atoms with E-state index in [-0.39, 0.29) is 6.04 Å². The lowest BCUT2D eigenvalue weighted by Gasteiger charge is -2.15. The van der Waals surface area contributed by atoms with Crippen molar-refractivity contribution in [1.29, 1.82) is 0 Å². The zero-order valence-corrected chi connectivity index (χ0v) is 10.5. The first kappa shape index (κ1) is 14.3. The molecule has 9 heteroatoms. The van der Waals surface area contributed by atoms with Crippen molar-refractivity contribution in [2.75, 3.05) is 0 Å². The van der Waals surface area contributed by atoms with E-state index in [0.717, 1.165) is 12.4 Å². The lowest BCUT2D eigenvalue weighted by atomic mass is 10.2. The number of alkyl halides is 3. The van der Waals surface area contributed by atoms with Crippen LogP contribution in [0.4, 0.5) is 13.2 Å². The van der Waals surface area contributed by atoms with Gasteiger partial charge in [0.1, 0.15) is 0 Å². The second-order valence-corrected chi connectivity index (χ2v) is 6.46. The van der Waals surface area contributed by atoms with E-state index < -0.39 is 26.0 Å². The highest BCUT2D eigenvalue weighted by atomic mass is 35.7. The molecule has 0 N–H and O–H groups in total. The van der Waals surface area contributed by atoms with E-state index in [2.05, 4.69) is 5.10 Å². The summed E-state index contributed by atoms with van der Waals surface area (Å²) in [5.74, 6) is 0. The molecule has 0 aliphatic heterocycles. The third-order valence-corrected chi connectivity index (χ3v) is 3.67. The summed E-state index contributed by atoms with van der Waals surface area (Å²) in [5, 5.41) is 0.911. The van der Waals surface area contributed by atoms with Crippen molar-refractivity contribution in [1.82, 2.24) is 9.78 Å². The third kappa shape index (κ3) is 3.35. The quantitative estimate of drug-likeness (QED) is 0.804. The molecule has 4 nitrogen and oxygen atoms in total. The van der Waals surface area contributed by atoms with Crippen LogP contribution in [-0.4, -0.2) is 24.4 Å². The maximum absolute atomic E-state index is 12.6. The summed E-state index contributed by atoms with van der Waals surface area (Å²) < 4.78 is 61.0. The Morgan fingerprint density at radius 1 is 1.41 bits per heavy atom. The van der Waals surface area contributed by atoms with Gasteiger partial charge in [-0.1, -0.05) is 0 Å². The van der Waals surface area contributed by atoms with E-state index in [4.69, 9.17) is 10.7 Å². The van der Waals surface area contributed by atoms with Gasteiger partial charge in [-0.05, 0) is 13.8 Å². The van der Waals surface area contributed by atoms with Gasteiger partial charge in [-0.15, -0.1) is 0 Å². The van der Waals surface area contributed by atoms with Crippen LogP contribution in [0.5, 0.6) is 0 Å². The van der Waals surface area contributed by atoms with Crippen molar-refractivity contribution in [3.8, 4) is 0 Å². The first-order valence-electron chi connectivity index (χ1n) is 4.57. The molecule has 1 heterocycles. The molecule has 0 radical (unpaired) electrons. The van der Waals surface area contributed by atoms with Gasteiger partial charge in [-0.2, -0.15) is 18.3 Å². The zero-order valence-electron chi connectivity index (χ0n) is 8.94. The summed E-state index contributed by atoms with van der Waals surface area (Å²) in [6.45, 7) is 3.41. The smallest absolute Gasteiger partial charge is 0.270 e. The molecule has 1 atom stereocenters. The molecule has 0 fully saturated rings. The van der Waals surface area contributed by atoms with Gasteiger partial charge in [-0.25, -0.2) is 8.42 Å². The Labute approximate surface area is 101 Å². The number of hydrogen-bond acceptors (Lipinski definition) is 3. The Morgan fingerprint density at radius 3 is 2.24 bits per heavy atom. The van der Waals surface area contributed by atoms with Crippen molar-refractivity contribution in [3.63, 3.8) is 0 Å². The van der Waals surface area contributed by atoms with Crippen LogP contribution in [0.3, 0.4) is 0 Å². The molecule has 0 aromatic carbocycles. The van der Waals surface area contributed by atoms with E-state index in [1.54, 1.807) is 13.8 Å². The Kier molecular flexibility index (Phi) is 3.78. The number of aromatic nitrogens is 2. The van der Waals surface area contributed by atoms with Gasteiger partial charge in [0.25, 0.3) is 0 Å². The lowest BCUT2D eigenvalue weighted by molar-refractivity contribution is -0.131. The molecule has 98 valence electrons. The highest BCUT2D eigenvalue weighted by molar-refractivity contribution is 8.14. The fourth-order valence-electron chi connectivity index (χ4n) is 1.28. The minimum Gasteiger partial charge on any atom is -0.270 e. The summed E-state index contributed by atoms with van der Waals surface area (Å²) in [7, 11) is 0.0282. The average Bonchev–Trinajstić information content (AvgIpc) is 2.46. The summed E-state index contributed by atoms with van der Waals surface area (Å²) >= 11 is 0. The van der Waals surface area contributed by atoms with Gasteiger partial charge in [-0.3, -0.25) is 4.68 Å². The van der Waals surface area contributed by atoms with Gasteiger partial charge in [0.15, 0.2) is 5.25 Å². The average molecular weight is 291 g/mol. The number of halogens is 4. The van der Waals surface area contributed by atoms with E-state index in [9.17, 15) is 21.6 Å². The van der Waals surface area contributed by atoms with Gasteiger partial charge in [0.2, 0.25) is 9.05 Å². The number of hydrogen-bond donors (Lipinski definition) is 0. The van der Waals surface area contributed by atoms with E-state index in [1.165, 1.54) is 4.68 Å². The predicted octanol–water partition coefficient (Wildman–Crippen LogP) is 2.64. The van der Waals surface area contributed by atoms with Gasteiger partial charge < -0.3 is 0 Å². The van der Waals surface area contributed by atoms with Gasteiger partial charge in [0, 0.05) is 28.5 Å². The molecule has 0 bridgehead atoms. The van der Waals surface area contributed by atoms with Crippen LogP contribution < -0.4 is 0 Å². The monoisotopic (exact) mass is 290 g/mol. The van der Waals surface area contributed by atoms with Crippen LogP contribution in [0.1, 0.15) is 30.7 Å². The number of nitrogens with zero attached hydrogens (tertiary/aromatic N) is 2. The highest BCUT2D eigenvalue weighted by Gasteiger charge is 2.49. The summed E-state index contributed by atoms with van der Waals surface area (Å²) in [6, 6.07) is -0.171.